The van der Waals surface area contributed by atoms with Crippen LogP contribution >= 0.6 is 0 Å². The van der Waals surface area contributed by atoms with Gasteiger partial charge < -0.3 is 0 Å². The van der Waals surface area contributed by atoms with E-state index in [1.807, 2.05) is 0 Å². The molecule has 1 rings (SSSR count). The van der Waals surface area contributed by atoms with E-state index in [2.05, 4.69) is 20.8 Å². The molecule has 0 aromatic rings. The van der Waals surface area contributed by atoms with Crippen molar-refractivity contribution >= 4 is 0 Å². The molecule has 0 amide bonds. The summed E-state index contributed by atoms with van der Waals surface area (Å²) < 4.78 is 0. The maximum atomic E-state index is 2.47. The lowest BCUT2D eigenvalue weighted by molar-refractivity contribution is 0.192. The fourth-order valence-corrected chi connectivity index (χ4v) is 2.55. The van der Waals surface area contributed by atoms with Gasteiger partial charge in [-0.2, -0.15) is 0 Å². The molecule has 0 spiro atoms. The summed E-state index contributed by atoms with van der Waals surface area (Å²) in [6.07, 6.45) is 13.2. The molecule has 0 heterocycles. The maximum absolute atomic E-state index is 2.47. The molecule has 0 heteroatoms. The van der Waals surface area contributed by atoms with Crippen molar-refractivity contribution in [1.82, 2.24) is 0 Å². The molecule has 1 unspecified atom stereocenters. The molecule has 0 saturated heterocycles. The Balaban J connectivity index is 2.42. The summed E-state index contributed by atoms with van der Waals surface area (Å²) in [4.78, 5) is 0. The smallest absolute Gasteiger partial charge is 0.0329 e. The molecule has 0 radical (unpaired) electrons. The van der Waals surface area contributed by atoms with Crippen LogP contribution in [-0.4, -0.2) is 0 Å². The fraction of sp³-hybridized carbons (Fsp3) is 1.00. The quantitative estimate of drug-likeness (QED) is 0.501. The second-order valence-electron chi connectivity index (χ2n) is 5.90. The van der Waals surface area contributed by atoms with E-state index < -0.39 is 0 Å². The van der Waals surface area contributed by atoms with Crippen molar-refractivity contribution in [2.45, 2.75) is 78.6 Å². The molecule has 14 heavy (non-hydrogen) atoms. The molecule has 0 bridgehead atoms. The molecule has 0 aromatic carbocycles. The van der Waals surface area contributed by atoms with Crippen LogP contribution in [0.5, 0.6) is 0 Å². The summed E-state index contributed by atoms with van der Waals surface area (Å²) in [6.45, 7) is 7.39. The van der Waals surface area contributed by atoms with Gasteiger partial charge >= 0.3 is 0 Å². The van der Waals surface area contributed by atoms with Gasteiger partial charge in [-0.1, -0.05) is 72.1 Å². The van der Waals surface area contributed by atoms with Gasteiger partial charge in [-0.15, -0.1) is 0 Å². The normalized spacial score (nSPS) is 30.6. The summed E-state index contributed by atoms with van der Waals surface area (Å²) >= 11 is 0. The van der Waals surface area contributed by atoms with Crippen molar-refractivity contribution in [2.75, 3.05) is 0 Å². The molecule has 1 fully saturated rings. The summed E-state index contributed by atoms with van der Waals surface area (Å²) in [5, 5.41) is 0. The molecule has 1 aliphatic rings. The van der Waals surface area contributed by atoms with Crippen molar-refractivity contribution in [3.05, 3.63) is 0 Å². The van der Waals surface area contributed by atoms with Crippen molar-refractivity contribution in [3.8, 4) is 0 Å². The standard InChI is InChI=1S/C14H28/c1-13-11-9-7-5-4-6-8-10-12-14(13,2)3/h13H,4-12H2,1-3H3. The largest absolute Gasteiger partial charge is 0.0620 e. The van der Waals surface area contributed by atoms with Crippen molar-refractivity contribution in [3.63, 3.8) is 0 Å². The summed E-state index contributed by atoms with van der Waals surface area (Å²) in [6, 6.07) is 0. The first kappa shape index (κ1) is 12.1. The molecule has 0 N–H and O–H groups in total. The summed E-state index contributed by atoms with van der Waals surface area (Å²) in [5.74, 6) is 0.917. The zero-order chi connectivity index (χ0) is 10.4. The van der Waals surface area contributed by atoms with Crippen LogP contribution in [0.4, 0.5) is 0 Å². The summed E-state index contributed by atoms with van der Waals surface area (Å²) in [7, 11) is 0. The van der Waals surface area contributed by atoms with Gasteiger partial charge in [0, 0.05) is 0 Å². The lowest BCUT2D eigenvalue weighted by Gasteiger charge is -2.32. The minimum absolute atomic E-state index is 0.588. The second kappa shape index (κ2) is 5.78. The lowest BCUT2D eigenvalue weighted by Crippen LogP contribution is -2.21. The first-order valence-corrected chi connectivity index (χ1v) is 6.63. The second-order valence-corrected chi connectivity index (χ2v) is 5.90. The molecule has 1 saturated carbocycles. The van der Waals surface area contributed by atoms with E-state index >= 15 is 0 Å². The monoisotopic (exact) mass is 196 g/mol. The van der Waals surface area contributed by atoms with Gasteiger partial charge in [0.25, 0.3) is 0 Å². The molecule has 84 valence electrons. The van der Waals surface area contributed by atoms with E-state index in [-0.39, 0.29) is 0 Å². The number of hydrogen-bond acceptors (Lipinski definition) is 0. The zero-order valence-corrected chi connectivity index (χ0v) is 10.4. The summed E-state index contributed by atoms with van der Waals surface area (Å²) in [5.41, 5.74) is 0.588. The third kappa shape index (κ3) is 4.02. The Morgan fingerprint density at radius 3 is 1.93 bits per heavy atom. The highest BCUT2D eigenvalue weighted by Crippen LogP contribution is 2.36. The molecule has 0 aromatic heterocycles. The highest BCUT2D eigenvalue weighted by atomic mass is 14.3. The van der Waals surface area contributed by atoms with Crippen LogP contribution in [0.25, 0.3) is 0 Å². The van der Waals surface area contributed by atoms with E-state index in [9.17, 15) is 0 Å². The van der Waals surface area contributed by atoms with Crippen molar-refractivity contribution in [2.24, 2.45) is 11.3 Å². The van der Waals surface area contributed by atoms with E-state index in [0.717, 1.165) is 5.92 Å². The molecule has 0 nitrogen and oxygen atoms in total. The van der Waals surface area contributed by atoms with Crippen LogP contribution in [0.1, 0.15) is 78.6 Å². The van der Waals surface area contributed by atoms with Crippen LogP contribution in [0.15, 0.2) is 0 Å². The maximum Gasteiger partial charge on any atom is -0.0329 e. The van der Waals surface area contributed by atoms with E-state index in [1.165, 1.54) is 57.8 Å². The van der Waals surface area contributed by atoms with Crippen LogP contribution < -0.4 is 0 Å². The molecular weight excluding hydrogens is 168 g/mol. The Hall–Kier alpha value is 0. The van der Waals surface area contributed by atoms with Gasteiger partial charge in [-0.3, -0.25) is 0 Å². The average molecular weight is 196 g/mol. The third-order valence-electron chi connectivity index (χ3n) is 4.29. The molecular formula is C14H28. The van der Waals surface area contributed by atoms with Crippen LogP contribution in [0.2, 0.25) is 0 Å². The van der Waals surface area contributed by atoms with Gasteiger partial charge in [0.1, 0.15) is 0 Å². The lowest BCUT2D eigenvalue weighted by atomic mass is 9.74. The van der Waals surface area contributed by atoms with E-state index in [4.69, 9.17) is 0 Å². The van der Waals surface area contributed by atoms with Gasteiger partial charge in [0.15, 0.2) is 0 Å². The predicted octanol–water partition coefficient (Wildman–Crippen LogP) is 5.17. The van der Waals surface area contributed by atoms with Crippen LogP contribution in [0, 0.1) is 11.3 Å². The Kier molecular flexibility index (Phi) is 4.98. The minimum atomic E-state index is 0.588. The van der Waals surface area contributed by atoms with Crippen molar-refractivity contribution in [1.29, 1.82) is 0 Å². The average Bonchev–Trinajstić information content (AvgIpc) is 2.16. The number of hydrogen-bond donors (Lipinski definition) is 0. The van der Waals surface area contributed by atoms with Gasteiger partial charge in [0.2, 0.25) is 0 Å². The van der Waals surface area contributed by atoms with E-state index in [1.54, 1.807) is 0 Å². The molecule has 1 atom stereocenters. The molecule has 1 aliphatic carbocycles. The Morgan fingerprint density at radius 2 is 1.29 bits per heavy atom. The van der Waals surface area contributed by atoms with Crippen LogP contribution in [0.3, 0.4) is 0 Å². The van der Waals surface area contributed by atoms with Gasteiger partial charge in [-0.25, -0.2) is 0 Å². The first-order chi connectivity index (χ1) is 6.63. The predicted molar refractivity (Wildman–Crippen MR) is 64.5 cm³/mol. The topological polar surface area (TPSA) is 0 Å². The highest BCUT2D eigenvalue weighted by Gasteiger charge is 2.24. The van der Waals surface area contributed by atoms with Crippen molar-refractivity contribution < 1.29 is 0 Å². The third-order valence-corrected chi connectivity index (χ3v) is 4.29. The minimum Gasteiger partial charge on any atom is -0.0620 e. The zero-order valence-electron chi connectivity index (χ0n) is 10.4. The number of rotatable bonds is 0. The van der Waals surface area contributed by atoms with Gasteiger partial charge in [-0.05, 0) is 17.8 Å². The molecule has 0 aliphatic heterocycles. The van der Waals surface area contributed by atoms with Gasteiger partial charge in [0.05, 0.1) is 0 Å². The Morgan fingerprint density at radius 1 is 0.786 bits per heavy atom. The first-order valence-electron chi connectivity index (χ1n) is 6.63. The SMILES string of the molecule is CC1CCCCCCCCCC1(C)C. The van der Waals surface area contributed by atoms with E-state index in [0.29, 0.717) is 5.41 Å². The van der Waals surface area contributed by atoms with Crippen LogP contribution in [-0.2, 0) is 0 Å². The Labute approximate surface area is 90.5 Å². The fourth-order valence-electron chi connectivity index (χ4n) is 2.55. The Bertz CT molecular complexity index is 146. The highest BCUT2D eigenvalue weighted by molar-refractivity contribution is 4.75.